The monoisotopic (exact) mass is 364 g/mol. The first-order chi connectivity index (χ1) is 12.6. The Balaban J connectivity index is 1.80. The van der Waals surface area contributed by atoms with Crippen LogP contribution >= 0.6 is 0 Å². The number of aromatic nitrogens is 1. The zero-order valence-electron chi connectivity index (χ0n) is 15.5. The molecule has 2 heterocycles. The summed E-state index contributed by atoms with van der Waals surface area (Å²) in [5, 5.41) is 6.22. The van der Waals surface area contributed by atoms with Crippen LogP contribution in [0.2, 0.25) is 0 Å². The van der Waals surface area contributed by atoms with Crippen molar-refractivity contribution in [2.45, 2.75) is 32.2 Å². The van der Waals surface area contributed by atoms with Gasteiger partial charge >= 0.3 is 6.09 Å². The molecule has 2 amide bonds. The third kappa shape index (κ3) is 6.18. The Bertz CT molecular complexity index is 588. The molecule has 0 spiro atoms. The SMILES string of the molecule is CCOC(=O)N1CCC(NC(=O)c2ccnc(NCCCOC)c2)CC1. The molecule has 144 valence electrons. The standard InChI is InChI=1S/C18H28N4O4/c1-3-26-18(24)22-10-6-15(7-11-22)21-17(23)14-5-9-20-16(13-14)19-8-4-12-25-2/h5,9,13,15H,3-4,6-8,10-12H2,1-2H3,(H,19,20)(H,21,23). The van der Waals surface area contributed by atoms with Crippen LogP contribution in [-0.4, -0.2) is 67.9 Å². The summed E-state index contributed by atoms with van der Waals surface area (Å²) in [7, 11) is 1.67. The van der Waals surface area contributed by atoms with Crippen molar-refractivity contribution < 1.29 is 19.1 Å². The number of rotatable bonds is 8. The molecule has 8 heteroatoms. The minimum atomic E-state index is -0.282. The van der Waals surface area contributed by atoms with E-state index in [0.29, 0.717) is 37.7 Å². The van der Waals surface area contributed by atoms with Crippen molar-refractivity contribution in [1.29, 1.82) is 0 Å². The summed E-state index contributed by atoms with van der Waals surface area (Å²) < 4.78 is 10.0. The van der Waals surface area contributed by atoms with E-state index >= 15 is 0 Å². The van der Waals surface area contributed by atoms with Crippen molar-refractivity contribution in [1.82, 2.24) is 15.2 Å². The van der Waals surface area contributed by atoms with Gasteiger partial charge in [-0.05, 0) is 38.3 Å². The van der Waals surface area contributed by atoms with Crippen LogP contribution in [0, 0.1) is 0 Å². The van der Waals surface area contributed by atoms with Gasteiger partial charge in [-0.3, -0.25) is 4.79 Å². The molecule has 0 radical (unpaired) electrons. The summed E-state index contributed by atoms with van der Waals surface area (Å²) in [6.45, 7) is 4.76. The highest BCUT2D eigenvalue weighted by Gasteiger charge is 2.24. The van der Waals surface area contributed by atoms with Crippen LogP contribution in [0.3, 0.4) is 0 Å². The van der Waals surface area contributed by atoms with Crippen molar-refractivity contribution in [2.24, 2.45) is 0 Å². The van der Waals surface area contributed by atoms with Gasteiger partial charge in [0.2, 0.25) is 0 Å². The van der Waals surface area contributed by atoms with Crippen LogP contribution in [0.15, 0.2) is 18.3 Å². The van der Waals surface area contributed by atoms with Crippen LogP contribution in [0.25, 0.3) is 0 Å². The number of carbonyl (C=O) groups excluding carboxylic acids is 2. The molecular formula is C18H28N4O4. The van der Waals surface area contributed by atoms with Gasteiger partial charge in [-0.1, -0.05) is 0 Å². The molecule has 0 unspecified atom stereocenters. The van der Waals surface area contributed by atoms with Gasteiger partial charge in [0, 0.05) is 51.2 Å². The first-order valence-corrected chi connectivity index (χ1v) is 9.05. The topological polar surface area (TPSA) is 92.8 Å². The number of likely N-dealkylation sites (tertiary alicyclic amines) is 1. The van der Waals surface area contributed by atoms with Crippen molar-refractivity contribution in [2.75, 3.05) is 45.3 Å². The predicted octanol–water partition coefficient (Wildman–Crippen LogP) is 1.88. The largest absolute Gasteiger partial charge is 0.450 e. The molecule has 8 nitrogen and oxygen atoms in total. The van der Waals surface area contributed by atoms with Gasteiger partial charge in [0.1, 0.15) is 5.82 Å². The summed E-state index contributed by atoms with van der Waals surface area (Å²) in [5.74, 6) is 0.549. The van der Waals surface area contributed by atoms with E-state index in [-0.39, 0.29) is 18.0 Å². The second kappa shape index (κ2) is 10.6. The maximum Gasteiger partial charge on any atom is 0.409 e. The molecule has 2 N–H and O–H groups in total. The van der Waals surface area contributed by atoms with Gasteiger partial charge in [0.25, 0.3) is 5.91 Å². The smallest absolute Gasteiger partial charge is 0.409 e. The van der Waals surface area contributed by atoms with E-state index in [0.717, 1.165) is 25.8 Å². The number of piperidine rings is 1. The van der Waals surface area contributed by atoms with Gasteiger partial charge < -0.3 is 25.0 Å². The van der Waals surface area contributed by atoms with E-state index in [1.54, 1.807) is 37.3 Å². The number of methoxy groups -OCH3 is 1. The minimum Gasteiger partial charge on any atom is -0.450 e. The molecular weight excluding hydrogens is 336 g/mol. The number of hydrogen-bond donors (Lipinski definition) is 2. The number of hydrogen-bond acceptors (Lipinski definition) is 6. The molecule has 1 fully saturated rings. The highest BCUT2D eigenvalue weighted by molar-refractivity contribution is 5.95. The Morgan fingerprint density at radius 2 is 2.12 bits per heavy atom. The van der Waals surface area contributed by atoms with Crippen molar-refractivity contribution in [3.8, 4) is 0 Å². The quantitative estimate of drug-likeness (QED) is 0.684. The van der Waals surface area contributed by atoms with Gasteiger partial charge in [0.05, 0.1) is 6.61 Å². The van der Waals surface area contributed by atoms with E-state index in [9.17, 15) is 9.59 Å². The Hall–Kier alpha value is -2.35. The number of carbonyl (C=O) groups is 2. The molecule has 1 aliphatic heterocycles. The molecule has 0 aromatic carbocycles. The number of anilines is 1. The van der Waals surface area contributed by atoms with Crippen LogP contribution in [0.5, 0.6) is 0 Å². The minimum absolute atomic E-state index is 0.0550. The van der Waals surface area contributed by atoms with Gasteiger partial charge in [-0.15, -0.1) is 0 Å². The molecule has 0 saturated carbocycles. The lowest BCUT2D eigenvalue weighted by atomic mass is 10.0. The number of pyridine rings is 1. The lowest BCUT2D eigenvalue weighted by Gasteiger charge is -2.31. The molecule has 2 rings (SSSR count). The molecule has 0 atom stereocenters. The van der Waals surface area contributed by atoms with Crippen molar-refractivity contribution in [3.05, 3.63) is 23.9 Å². The zero-order valence-corrected chi connectivity index (χ0v) is 15.5. The fourth-order valence-electron chi connectivity index (χ4n) is 2.79. The second-order valence-electron chi connectivity index (χ2n) is 6.14. The van der Waals surface area contributed by atoms with Crippen LogP contribution in [0.4, 0.5) is 10.6 Å². The predicted molar refractivity (Wildman–Crippen MR) is 98.3 cm³/mol. The first kappa shape index (κ1) is 20.0. The molecule has 26 heavy (non-hydrogen) atoms. The van der Waals surface area contributed by atoms with Crippen molar-refractivity contribution >= 4 is 17.8 Å². The summed E-state index contributed by atoms with van der Waals surface area (Å²) in [4.78, 5) is 30.1. The summed E-state index contributed by atoms with van der Waals surface area (Å²) in [6.07, 6.45) is 3.65. The summed E-state index contributed by atoms with van der Waals surface area (Å²) in [6, 6.07) is 3.50. The van der Waals surface area contributed by atoms with Gasteiger partial charge in [-0.2, -0.15) is 0 Å². The normalized spacial score (nSPS) is 14.8. The zero-order chi connectivity index (χ0) is 18.8. The molecule has 1 aliphatic rings. The van der Waals surface area contributed by atoms with E-state index in [4.69, 9.17) is 9.47 Å². The Morgan fingerprint density at radius 3 is 2.81 bits per heavy atom. The Kier molecular flexibility index (Phi) is 8.14. The van der Waals surface area contributed by atoms with E-state index in [2.05, 4.69) is 15.6 Å². The van der Waals surface area contributed by atoms with Crippen LogP contribution in [-0.2, 0) is 9.47 Å². The molecule has 0 aliphatic carbocycles. The fourth-order valence-corrected chi connectivity index (χ4v) is 2.79. The first-order valence-electron chi connectivity index (χ1n) is 9.05. The van der Waals surface area contributed by atoms with Crippen LogP contribution in [0.1, 0.15) is 36.5 Å². The average Bonchev–Trinajstić information content (AvgIpc) is 2.66. The van der Waals surface area contributed by atoms with E-state index in [1.807, 2.05) is 0 Å². The Labute approximate surface area is 154 Å². The molecule has 1 aromatic rings. The molecule has 0 bridgehead atoms. The maximum atomic E-state index is 12.5. The number of amides is 2. The lowest BCUT2D eigenvalue weighted by Crippen LogP contribution is -2.46. The van der Waals surface area contributed by atoms with Crippen molar-refractivity contribution in [3.63, 3.8) is 0 Å². The fraction of sp³-hybridized carbons (Fsp3) is 0.611. The molecule has 1 saturated heterocycles. The maximum absolute atomic E-state index is 12.5. The second-order valence-corrected chi connectivity index (χ2v) is 6.14. The van der Waals surface area contributed by atoms with E-state index < -0.39 is 0 Å². The van der Waals surface area contributed by atoms with Gasteiger partial charge in [0.15, 0.2) is 0 Å². The lowest BCUT2D eigenvalue weighted by molar-refractivity contribution is 0.0860. The highest BCUT2D eigenvalue weighted by atomic mass is 16.6. The van der Waals surface area contributed by atoms with Crippen LogP contribution < -0.4 is 10.6 Å². The summed E-state index contributed by atoms with van der Waals surface area (Å²) in [5.41, 5.74) is 0.571. The Morgan fingerprint density at radius 1 is 1.35 bits per heavy atom. The highest BCUT2D eigenvalue weighted by Crippen LogP contribution is 2.13. The summed E-state index contributed by atoms with van der Waals surface area (Å²) >= 11 is 0. The third-order valence-electron chi connectivity index (χ3n) is 4.21. The average molecular weight is 364 g/mol. The third-order valence-corrected chi connectivity index (χ3v) is 4.21. The number of nitrogens with one attached hydrogen (secondary N) is 2. The number of ether oxygens (including phenoxy) is 2. The molecule has 1 aromatic heterocycles. The van der Waals surface area contributed by atoms with E-state index in [1.165, 1.54) is 0 Å². The number of nitrogens with zero attached hydrogens (tertiary/aromatic N) is 2. The van der Waals surface area contributed by atoms with Gasteiger partial charge in [-0.25, -0.2) is 9.78 Å².